The number of anilines is 1. The second-order valence-electron chi connectivity index (χ2n) is 17.3. The van der Waals surface area contributed by atoms with Crippen molar-refractivity contribution in [2.75, 3.05) is 39.0 Å². The van der Waals surface area contributed by atoms with Crippen LogP contribution >= 0.6 is 18.7 Å². The Morgan fingerprint density at radius 2 is 1.82 bits per heavy atom. The van der Waals surface area contributed by atoms with Crippen molar-refractivity contribution in [1.82, 2.24) is 25.5 Å². The Balaban J connectivity index is 1.32. The maximum absolute atomic E-state index is 14.9. The number of nitrogens with one attached hydrogen (secondary N) is 3. The van der Waals surface area contributed by atoms with E-state index in [2.05, 4.69) is 22.5 Å². The zero-order valence-electron chi connectivity index (χ0n) is 36.7. The van der Waals surface area contributed by atoms with E-state index in [1.807, 2.05) is 46.1 Å². The number of methoxy groups -OCH3 is 1. The Morgan fingerprint density at radius 1 is 1.08 bits per heavy atom. The Hall–Kier alpha value is -4.93. The molecule has 6 unspecified atom stereocenters. The van der Waals surface area contributed by atoms with Gasteiger partial charge in [-0.05, 0) is 70.4 Å². The lowest BCUT2D eigenvalue weighted by Crippen LogP contribution is -2.58. The first-order chi connectivity index (χ1) is 29.4. The average molecular weight is 899 g/mol. The van der Waals surface area contributed by atoms with Gasteiger partial charge in [0, 0.05) is 47.9 Å². The van der Waals surface area contributed by atoms with E-state index >= 15 is 0 Å². The number of pyridine rings is 1. The smallest absolute Gasteiger partial charge is 0.497 e. The summed E-state index contributed by atoms with van der Waals surface area (Å²) in [4.78, 5) is 65.7. The summed E-state index contributed by atoms with van der Waals surface area (Å²) < 4.78 is 47.6. The molecule has 0 radical (unpaired) electrons. The number of hydrogen-bond donors (Lipinski definition) is 3. The first-order valence-electron chi connectivity index (χ1n) is 21.0. The van der Waals surface area contributed by atoms with Gasteiger partial charge in [0.2, 0.25) is 26.0 Å². The maximum atomic E-state index is 14.9. The molecule has 3 N–H and O–H groups in total. The van der Waals surface area contributed by atoms with E-state index in [9.17, 15) is 23.7 Å². The Labute approximate surface area is 366 Å². The normalized spacial score (nSPS) is 22.7. The number of hydrogen-bond acceptors (Lipinski definition) is 15. The van der Waals surface area contributed by atoms with Crippen molar-refractivity contribution in [1.29, 1.82) is 0 Å². The van der Waals surface area contributed by atoms with E-state index in [0.717, 1.165) is 30.8 Å². The SMILES string of the molecule is C=CC1CC1(NC(=O)C1CC(Oc2cc(-c3csc(NC(C)C)n3)nc3cc(OC)ccc23)CN1C(=O)C(NC(=O)OC1CCCC1)C(C)(C)C)P(C)(=O)OCOC(=O)OCC. The number of alkyl carbamates (subject to hydrolysis) is 1. The minimum Gasteiger partial charge on any atom is -0.497 e. The summed E-state index contributed by atoms with van der Waals surface area (Å²) in [5.74, 6) is -0.538. The van der Waals surface area contributed by atoms with Crippen LogP contribution < -0.4 is 25.4 Å². The molecule has 1 aliphatic heterocycles. The number of thiazole rings is 1. The molecule has 17 nitrogen and oxygen atoms in total. The number of ether oxygens (including phenoxy) is 5. The van der Waals surface area contributed by atoms with Gasteiger partial charge in [0.1, 0.15) is 46.8 Å². The topological polar surface area (TPSA) is 206 Å². The number of likely N-dealkylation sites (tertiary alicyclic amines) is 1. The minimum absolute atomic E-state index is 0.0328. The molecule has 6 atom stereocenters. The molecule has 3 aliphatic rings. The number of fused-ring (bicyclic) bond motifs is 1. The van der Waals surface area contributed by atoms with Gasteiger partial charge in [-0.15, -0.1) is 17.9 Å². The molecule has 2 saturated carbocycles. The Bertz CT molecular complexity index is 2190. The Morgan fingerprint density at radius 3 is 2.47 bits per heavy atom. The van der Waals surface area contributed by atoms with Gasteiger partial charge in [-0.25, -0.2) is 19.6 Å². The van der Waals surface area contributed by atoms with Gasteiger partial charge in [-0.1, -0.05) is 26.8 Å². The molecule has 3 aromatic rings. The van der Waals surface area contributed by atoms with Crippen LogP contribution in [0.15, 0.2) is 42.3 Å². The number of amides is 3. The van der Waals surface area contributed by atoms with Crippen LogP contribution in [0.25, 0.3) is 22.3 Å². The predicted octanol–water partition coefficient (Wildman–Crippen LogP) is 7.69. The molecular weight excluding hydrogens is 840 g/mol. The molecule has 3 heterocycles. The summed E-state index contributed by atoms with van der Waals surface area (Å²) in [5.41, 5.74) is 0.943. The molecule has 2 aliphatic carbocycles. The highest BCUT2D eigenvalue weighted by Crippen LogP contribution is 2.70. The van der Waals surface area contributed by atoms with Gasteiger partial charge >= 0.3 is 12.2 Å². The molecule has 1 saturated heterocycles. The molecule has 0 bridgehead atoms. The monoisotopic (exact) mass is 898 g/mol. The summed E-state index contributed by atoms with van der Waals surface area (Å²) in [6.07, 6.45) is 2.58. The first-order valence-corrected chi connectivity index (χ1v) is 23.9. The molecule has 2 aromatic heterocycles. The Kier molecular flexibility index (Phi) is 14.4. The number of aromatic nitrogens is 2. The molecule has 62 heavy (non-hydrogen) atoms. The summed E-state index contributed by atoms with van der Waals surface area (Å²) in [6.45, 7) is 15.7. The van der Waals surface area contributed by atoms with Gasteiger partial charge in [0.05, 0.1) is 31.5 Å². The van der Waals surface area contributed by atoms with Crippen molar-refractivity contribution in [3.8, 4) is 22.9 Å². The number of benzene rings is 1. The lowest BCUT2D eigenvalue weighted by atomic mass is 9.85. The predicted molar refractivity (Wildman–Crippen MR) is 235 cm³/mol. The molecule has 338 valence electrons. The summed E-state index contributed by atoms with van der Waals surface area (Å²) in [7, 11) is -2.20. The van der Waals surface area contributed by atoms with E-state index in [1.165, 1.54) is 22.9 Å². The number of carbonyl (C=O) groups is 4. The third-order valence-corrected chi connectivity index (χ3v) is 14.8. The summed E-state index contributed by atoms with van der Waals surface area (Å²) in [6, 6.07) is 5.15. The fraction of sp³-hybridized carbons (Fsp3) is 0.581. The molecule has 0 spiro atoms. The van der Waals surface area contributed by atoms with Crippen molar-refractivity contribution >= 4 is 58.8 Å². The number of carbonyl (C=O) groups excluding carboxylic acids is 4. The highest BCUT2D eigenvalue weighted by Gasteiger charge is 2.65. The van der Waals surface area contributed by atoms with Crippen LogP contribution in [0.3, 0.4) is 0 Å². The zero-order valence-corrected chi connectivity index (χ0v) is 38.4. The fourth-order valence-corrected chi connectivity index (χ4v) is 10.8. The van der Waals surface area contributed by atoms with Gasteiger partial charge in [-0.3, -0.25) is 18.7 Å². The van der Waals surface area contributed by atoms with E-state index in [0.29, 0.717) is 33.8 Å². The van der Waals surface area contributed by atoms with Crippen molar-refractivity contribution in [2.45, 2.75) is 116 Å². The largest absolute Gasteiger partial charge is 0.510 e. The van der Waals surface area contributed by atoms with Crippen molar-refractivity contribution in [3.63, 3.8) is 0 Å². The second-order valence-corrected chi connectivity index (χ2v) is 20.9. The van der Waals surface area contributed by atoms with Crippen LogP contribution in [0, 0.1) is 11.3 Å². The lowest BCUT2D eigenvalue weighted by Gasteiger charge is -2.36. The van der Waals surface area contributed by atoms with E-state index in [-0.39, 0.29) is 38.1 Å². The van der Waals surface area contributed by atoms with Crippen LogP contribution in [0.4, 0.5) is 14.7 Å². The quantitative estimate of drug-likeness (QED) is 0.0514. The average Bonchev–Trinajstić information content (AvgIpc) is 3.61. The standard InChI is InChI=1S/C43H59N6O11PS/c1-10-26-21-43(26,61(9,54)58-24-57-41(53)56-11-2)48-37(50)34-19-29(22-49(34)38(51)36(42(5,6)7)47-40(52)60-27-14-12-13-15-27)59-35-20-32(33-23-62-39(46-33)44-25(3)4)45-31-18-28(55-8)16-17-30(31)35/h10,16-18,20,23,25-27,29,34,36H,1,11-15,19,21-22,24H2,2-9H3,(H,44,46)(H,47,52)(H,48,50). The van der Waals surface area contributed by atoms with Crippen LogP contribution in [0.2, 0.25) is 0 Å². The third-order valence-electron chi connectivity index (χ3n) is 11.3. The molecule has 1 aromatic carbocycles. The molecule has 19 heteroatoms. The molecular formula is C43H59N6O11PS. The zero-order chi connectivity index (χ0) is 45.0. The van der Waals surface area contributed by atoms with E-state index in [1.54, 1.807) is 38.3 Å². The van der Waals surface area contributed by atoms with Gasteiger partial charge in [-0.2, -0.15) is 0 Å². The van der Waals surface area contributed by atoms with Crippen molar-refractivity contribution in [2.24, 2.45) is 11.3 Å². The van der Waals surface area contributed by atoms with E-state index < -0.39 is 73.0 Å². The first kappa shape index (κ1) is 46.6. The van der Waals surface area contributed by atoms with Crippen molar-refractivity contribution in [3.05, 3.63) is 42.3 Å². The van der Waals surface area contributed by atoms with Crippen LogP contribution in [0.1, 0.15) is 80.1 Å². The maximum Gasteiger partial charge on any atom is 0.510 e. The van der Waals surface area contributed by atoms with Gasteiger partial charge in [0.15, 0.2) is 5.13 Å². The van der Waals surface area contributed by atoms with Gasteiger partial charge in [0.25, 0.3) is 0 Å². The van der Waals surface area contributed by atoms with Crippen molar-refractivity contribution < 1.29 is 52.0 Å². The molecule has 3 amide bonds. The summed E-state index contributed by atoms with van der Waals surface area (Å²) >= 11 is 1.45. The van der Waals surface area contributed by atoms with Crippen LogP contribution in [-0.4, -0.2) is 108 Å². The highest BCUT2D eigenvalue weighted by molar-refractivity contribution is 7.60. The van der Waals surface area contributed by atoms with E-state index in [4.69, 9.17) is 38.2 Å². The van der Waals surface area contributed by atoms with Gasteiger partial charge < -0.3 is 44.5 Å². The number of rotatable bonds is 17. The molecule has 6 rings (SSSR count). The molecule has 3 fully saturated rings. The lowest BCUT2D eigenvalue weighted by molar-refractivity contribution is -0.142. The number of nitrogens with zero attached hydrogens (tertiary/aromatic N) is 3. The van der Waals surface area contributed by atoms with Crippen LogP contribution in [0.5, 0.6) is 11.5 Å². The second kappa shape index (κ2) is 19.2. The highest BCUT2D eigenvalue weighted by atomic mass is 32.1. The van der Waals surface area contributed by atoms with Crippen LogP contribution in [-0.2, 0) is 32.9 Å². The fourth-order valence-electron chi connectivity index (χ4n) is 7.93. The minimum atomic E-state index is -3.77. The third kappa shape index (κ3) is 10.6. The summed E-state index contributed by atoms with van der Waals surface area (Å²) in [5, 5.41) is 11.0.